The number of hydrogen-bond donors (Lipinski definition) is 0. The number of hydrogen-bond acceptors (Lipinski definition) is 3. The molecule has 0 spiro atoms. The molecule has 0 N–H and O–H groups in total. The normalized spacial score (nSPS) is 11.6. The van der Waals surface area contributed by atoms with Crippen molar-refractivity contribution in [2.24, 2.45) is 0 Å². The van der Waals surface area contributed by atoms with E-state index >= 15 is 0 Å². The smallest absolute Gasteiger partial charge is 0.161 e. The number of furan rings is 1. The maximum atomic E-state index is 6.33. The molecule has 3 heteroatoms. The molecule has 0 atom stereocenters. The van der Waals surface area contributed by atoms with Crippen LogP contribution in [0.25, 0.3) is 76.6 Å². The van der Waals surface area contributed by atoms with E-state index in [1.54, 1.807) is 0 Å². The second-order valence-corrected chi connectivity index (χ2v) is 12.8. The van der Waals surface area contributed by atoms with Gasteiger partial charge in [-0.05, 0) is 104 Å². The number of para-hydroxylation sites is 1. The van der Waals surface area contributed by atoms with Crippen LogP contribution >= 0.6 is 0 Å². The fourth-order valence-electron chi connectivity index (χ4n) is 7.46. The molecule has 0 saturated carbocycles. The summed E-state index contributed by atoms with van der Waals surface area (Å²) < 4.78 is 6.33. The van der Waals surface area contributed by atoms with Crippen LogP contribution in [0.15, 0.2) is 187 Å². The molecule has 0 saturated heterocycles. The van der Waals surface area contributed by atoms with Crippen LogP contribution in [0.3, 0.4) is 0 Å². The van der Waals surface area contributed by atoms with E-state index in [2.05, 4.69) is 162 Å². The summed E-state index contributed by atoms with van der Waals surface area (Å²) in [6.07, 6.45) is 1.87. The molecule has 2 aromatic heterocycles. The maximum absolute atomic E-state index is 6.33. The van der Waals surface area contributed by atoms with E-state index in [0.29, 0.717) is 0 Å². The Labute approximate surface area is 289 Å². The molecule has 0 aliphatic rings. The summed E-state index contributed by atoms with van der Waals surface area (Å²) >= 11 is 0. The van der Waals surface area contributed by atoms with Gasteiger partial charge in [-0.3, -0.25) is 4.98 Å². The second-order valence-electron chi connectivity index (χ2n) is 12.8. The molecule has 2 heterocycles. The molecule has 0 unspecified atom stereocenters. The zero-order valence-electron chi connectivity index (χ0n) is 27.1. The third-order valence-corrected chi connectivity index (χ3v) is 9.89. The summed E-state index contributed by atoms with van der Waals surface area (Å²) in [5, 5.41) is 8.58. The van der Waals surface area contributed by atoms with Gasteiger partial charge in [-0.25, -0.2) is 0 Å². The number of nitrogens with zero attached hydrogens (tertiary/aromatic N) is 2. The van der Waals surface area contributed by atoms with Crippen molar-refractivity contribution >= 4 is 71.4 Å². The summed E-state index contributed by atoms with van der Waals surface area (Å²) in [5.74, 6) is 0. The highest BCUT2D eigenvalue weighted by Crippen LogP contribution is 2.41. The Hall–Kier alpha value is -6.71. The molecular weight excluding hydrogens is 609 g/mol. The molecule has 10 rings (SSSR count). The summed E-state index contributed by atoms with van der Waals surface area (Å²) in [6, 6.07) is 62.7. The molecule has 0 radical (unpaired) electrons. The van der Waals surface area contributed by atoms with Crippen LogP contribution in [-0.4, -0.2) is 4.98 Å². The van der Waals surface area contributed by atoms with Crippen LogP contribution in [-0.2, 0) is 0 Å². The first-order chi connectivity index (χ1) is 24.8. The van der Waals surface area contributed by atoms with Gasteiger partial charge in [0.2, 0.25) is 0 Å². The molecule has 8 aromatic carbocycles. The van der Waals surface area contributed by atoms with Crippen molar-refractivity contribution in [1.82, 2.24) is 4.98 Å². The summed E-state index contributed by atoms with van der Waals surface area (Å²) in [7, 11) is 0. The molecule has 0 aliphatic heterocycles. The zero-order chi connectivity index (χ0) is 33.0. The monoisotopic (exact) mass is 638 g/mol. The van der Waals surface area contributed by atoms with Crippen LogP contribution < -0.4 is 4.90 Å². The first-order valence-electron chi connectivity index (χ1n) is 17.0. The van der Waals surface area contributed by atoms with Gasteiger partial charge < -0.3 is 9.32 Å². The number of anilines is 3. The van der Waals surface area contributed by atoms with Gasteiger partial charge in [-0.15, -0.1) is 0 Å². The van der Waals surface area contributed by atoms with Crippen molar-refractivity contribution in [3.05, 3.63) is 182 Å². The van der Waals surface area contributed by atoms with Gasteiger partial charge in [-0.1, -0.05) is 121 Å². The minimum absolute atomic E-state index is 0.809. The molecule has 3 nitrogen and oxygen atoms in total. The molecule has 10 aromatic rings. The van der Waals surface area contributed by atoms with E-state index in [9.17, 15) is 0 Å². The minimum atomic E-state index is 0.809. The predicted octanol–water partition coefficient (Wildman–Crippen LogP) is 13.2. The van der Waals surface area contributed by atoms with Gasteiger partial charge in [0, 0.05) is 34.2 Å². The average molecular weight is 639 g/mol. The van der Waals surface area contributed by atoms with Gasteiger partial charge >= 0.3 is 0 Å². The summed E-state index contributed by atoms with van der Waals surface area (Å²) in [5.41, 5.74) is 10.3. The lowest BCUT2D eigenvalue weighted by atomic mass is 9.96. The van der Waals surface area contributed by atoms with Gasteiger partial charge in [-0.2, -0.15) is 0 Å². The Morgan fingerprint density at radius 3 is 1.82 bits per heavy atom. The molecule has 234 valence electrons. The third-order valence-electron chi connectivity index (χ3n) is 9.89. The topological polar surface area (TPSA) is 29.3 Å². The van der Waals surface area contributed by atoms with Gasteiger partial charge in [0.15, 0.2) is 5.58 Å². The van der Waals surface area contributed by atoms with Crippen LogP contribution in [0.5, 0.6) is 0 Å². The summed E-state index contributed by atoms with van der Waals surface area (Å²) in [6.45, 7) is 0. The first-order valence-corrected chi connectivity index (χ1v) is 17.0. The Bertz CT molecular complexity index is 2850. The van der Waals surface area contributed by atoms with E-state index in [0.717, 1.165) is 50.3 Å². The van der Waals surface area contributed by atoms with Crippen LogP contribution in [0.1, 0.15) is 0 Å². The lowest BCUT2D eigenvalue weighted by Crippen LogP contribution is -2.09. The fourth-order valence-corrected chi connectivity index (χ4v) is 7.46. The number of fused-ring (bicyclic) bond motifs is 8. The molecule has 0 aliphatic carbocycles. The van der Waals surface area contributed by atoms with E-state index in [1.807, 2.05) is 30.5 Å². The Kier molecular flexibility index (Phi) is 6.49. The van der Waals surface area contributed by atoms with E-state index in [-0.39, 0.29) is 0 Å². The van der Waals surface area contributed by atoms with Crippen LogP contribution in [0.2, 0.25) is 0 Å². The molecular formula is C47H30N2O. The first kappa shape index (κ1) is 28.3. The van der Waals surface area contributed by atoms with Crippen LogP contribution in [0.4, 0.5) is 17.1 Å². The lowest BCUT2D eigenvalue weighted by molar-refractivity contribution is 0.669. The van der Waals surface area contributed by atoms with Crippen LogP contribution in [0, 0.1) is 0 Å². The highest BCUT2D eigenvalue weighted by Gasteiger charge is 2.17. The van der Waals surface area contributed by atoms with E-state index < -0.39 is 0 Å². The minimum Gasteiger partial charge on any atom is -0.454 e. The number of benzene rings is 8. The average Bonchev–Trinajstić information content (AvgIpc) is 3.58. The van der Waals surface area contributed by atoms with E-state index in [1.165, 1.54) is 43.4 Å². The van der Waals surface area contributed by atoms with Crippen molar-refractivity contribution in [3.63, 3.8) is 0 Å². The Morgan fingerprint density at radius 2 is 1.02 bits per heavy atom. The Balaban J connectivity index is 1.11. The molecule has 50 heavy (non-hydrogen) atoms. The molecule has 0 fully saturated rings. The quantitative estimate of drug-likeness (QED) is 0.176. The zero-order valence-corrected chi connectivity index (χ0v) is 27.1. The number of rotatable bonds is 5. The largest absolute Gasteiger partial charge is 0.454 e. The summed E-state index contributed by atoms with van der Waals surface area (Å²) in [4.78, 5) is 7.01. The number of pyridine rings is 1. The van der Waals surface area contributed by atoms with Crippen molar-refractivity contribution in [1.29, 1.82) is 0 Å². The standard InChI is InChI=1S/C47H30N2O/c1-2-8-31(9-3-1)32-18-22-37(23-19-32)49(39-26-27-41-36(30-39)17-16-35-15-14-33-10-4-5-11-40(33)45(35)41)38-24-20-34(21-25-38)42-28-29-48-46-43-12-6-7-13-44(43)50-47(42)46/h1-30H. The lowest BCUT2D eigenvalue weighted by Gasteiger charge is -2.26. The third kappa shape index (κ3) is 4.63. The predicted molar refractivity (Wildman–Crippen MR) is 210 cm³/mol. The Morgan fingerprint density at radius 1 is 0.420 bits per heavy atom. The van der Waals surface area contributed by atoms with Crippen molar-refractivity contribution in [3.8, 4) is 22.3 Å². The fraction of sp³-hybridized carbons (Fsp3) is 0. The molecule has 0 bridgehead atoms. The highest BCUT2D eigenvalue weighted by atomic mass is 16.3. The van der Waals surface area contributed by atoms with Crippen molar-refractivity contribution in [2.45, 2.75) is 0 Å². The van der Waals surface area contributed by atoms with E-state index in [4.69, 9.17) is 4.42 Å². The SMILES string of the molecule is c1ccc(-c2ccc(N(c3ccc(-c4ccnc5c4oc4ccccc45)cc3)c3ccc4c(ccc5ccc6ccccc6c54)c3)cc2)cc1. The van der Waals surface area contributed by atoms with Gasteiger partial charge in [0.1, 0.15) is 11.1 Å². The number of aromatic nitrogens is 1. The van der Waals surface area contributed by atoms with Crippen molar-refractivity contribution in [2.75, 3.05) is 4.90 Å². The maximum Gasteiger partial charge on any atom is 0.161 e. The second kappa shape index (κ2) is 11.5. The van der Waals surface area contributed by atoms with Gasteiger partial charge in [0.25, 0.3) is 0 Å². The van der Waals surface area contributed by atoms with Crippen molar-refractivity contribution < 1.29 is 4.42 Å². The van der Waals surface area contributed by atoms with Gasteiger partial charge in [0.05, 0.1) is 0 Å². The highest BCUT2D eigenvalue weighted by molar-refractivity contribution is 6.20. The molecule has 0 amide bonds.